The molecule has 1 N–H and O–H groups in total. The topological polar surface area (TPSA) is 68.2 Å². The second kappa shape index (κ2) is 25.7. The van der Waals surface area contributed by atoms with Gasteiger partial charge in [0.1, 0.15) is 6.29 Å². The minimum atomic E-state index is 0.0702. The van der Waals surface area contributed by atoms with Crippen molar-refractivity contribution in [3.05, 3.63) is 93.9 Å². The number of aryl methyl sites for hydroxylation is 2. The van der Waals surface area contributed by atoms with Crippen molar-refractivity contribution in [2.24, 2.45) is 0 Å². The predicted molar refractivity (Wildman–Crippen MR) is 196 cm³/mol. The first kappa shape index (κ1) is 42.4. The molecule has 1 amide bonds. The minimum absolute atomic E-state index is 0.0702. The molecule has 5 rings (SSSR count). The molecule has 3 heterocycles. The number of fused-ring (bicyclic) bond motifs is 1. The zero-order valence-corrected chi connectivity index (χ0v) is 29.9. The number of thiophene rings is 1. The van der Waals surface area contributed by atoms with Gasteiger partial charge in [-0.15, -0.1) is 17.9 Å². The Hall–Kier alpha value is -3.77. The summed E-state index contributed by atoms with van der Waals surface area (Å²) in [7, 11) is 0. The van der Waals surface area contributed by atoms with E-state index in [4.69, 9.17) is 0 Å². The van der Waals surface area contributed by atoms with Crippen molar-refractivity contribution < 1.29 is 14.4 Å². The quantitative estimate of drug-likeness (QED) is 0.137. The lowest BCUT2D eigenvalue weighted by molar-refractivity contribution is -0.116. The summed E-state index contributed by atoms with van der Waals surface area (Å²) in [5.74, 6) is 0.218. The lowest BCUT2D eigenvalue weighted by atomic mass is 9.98. The van der Waals surface area contributed by atoms with E-state index in [0.29, 0.717) is 6.54 Å². The first-order chi connectivity index (χ1) is 21.4. The van der Waals surface area contributed by atoms with E-state index in [1.165, 1.54) is 27.6 Å². The van der Waals surface area contributed by atoms with Crippen LogP contribution < -0.4 is 5.32 Å². The van der Waals surface area contributed by atoms with E-state index >= 15 is 0 Å². The number of allylic oxidation sites excluding steroid dienone is 5. The molecule has 0 saturated carbocycles. The Morgan fingerprint density at radius 1 is 1.09 bits per heavy atom. The summed E-state index contributed by atoms with van der Waals surface area (Å²) >= 11 is 1.72. The van der Waals surface area contributed by atoms with Gasteiger partial charge >= 0.3 is 0 Å². The first-order valence-corrected chi connectivity index (χ1v) is 16.8. The Labute approximate surface area is 271 Å². The number of amides is 1. The number of Topliss-reactive ketones (excluding diaryl/α,β-unsaturated/α-hetero) is 1. The van der Waals surface area contributed by atoms with E-state index in [1.807, 2.05) is 66.7 Å². The molecule has 1 aliphatic carbocycles. The van der Waals surface area contributed by atoms with Crippen LogP contribution in [-0.2, 0) is 29.1 Å². The Morgan fingerprint density at radius 2 is 1.73 bits per heavy atom. The molecule has 0 saturated heterocycles. The van der Waals surface area contributed by atoms with Gasteiger partial charge in [-0.3, -0.25) is 14.4 Å². The van der Waals surface area contributed by atoms with Crippen molar-refractivity contribution >= 4 is 51.9 Å². The molecule has 1 aromatic carbocycles. The Balaban J connectivity index is 0. The molecule has 242 valence electrons. The highest BCUT2D eigenvalue weighted by Gasteiger charge is 2.25. The minimum Gasteiger partial charge on any atom is -0.348 e. The molecular formula is C38H56N2O3S. The number of nitrogens with one attached hydrogen (secondary N) is 1. The average molecular weight is 621 g/mol. The predicted octanol–water partition coefficient (Wildman–Crippen LogP) is 10.6. The van der Waals surface area contributed by atoms with Crippen LogP contribution >= 0.6 is 11.3 Å². The highest BCUT2D eigenvalue weighted by atomic mass is 32.1. The molecule has 5 nitrogen and oxygen atoms in total. The fourth-order valence-electron chi connectivity index (χ4n) is 4.25. The molecular weight excluding hydrogens is 564 g/mol. The van der Waals surface area contributed by atoms with Crippen LogP contribution in [0.5, 0.6) is 0 Å². The third-order valence-corrected chi connectivity index (χ3v) is 6.93. The number of carbonyl (C=O) groups excluding carboxylic acids is 3. The van der Waals surface area contributed by atoms with Crippen LogP contribution in [0.25, 0.3) is 22.6 Å². The van der Waals surface area contributed by atoms with E-state index in [2.05, 4.69) is 60.1 Å². The number of nitrogens with zero attached hydrogens (tertiary/aromatic N) is 1. The third-order valence-electron chi connectivity index (χ3n) is 5.93. The molecule has 6 heteroatoms. The highest BCUT2D eigenvalue weighted by Crippen LogP contribution is 2.35. The van der Waals surface area contributed by atoms with E-state index < -0.39 is 0 Å². The zero-order chi connectivity index (χ0) is 34.1. The largest absolute Gasteiger partial charge is 0.348 e. The fourth-order valence-corrected chi connectivity index (χ4v) is 5.25. The summed E-state index contributed by atoms with van der Waals surface area (Å²) in [4.78, 5) is 33.8. The summed E-state index contributed by atoms with van der Waals surface area (Å²) in [6.45, 7) is 26.6. The van der Waals surface area contributed by atoms with E-state index in [1.54, 1.807) is 37.3 Å². The van der Waals surface area contributed by atoms with Gasteiger partial charge in [-0.25, -0.2) is 0 Å². The zero-order valence-electron chi connectivity index (χ0n) is 29.0. The van der Waals surface area contributed by atoms with Gasteiger partial charge in [-0.1, -0.05) is 84.9 Å². The molecule has 0 radical (unpaired) electrons. The molecule has 44 heavy (non-hydrogen) atoms. The highest BCUT2D eigenvalue weighted by molar-refractivity contribution is 7.11. The molecule has 0 fully saturated rings. The summed E-state index contributed by atoms with van der Waals surface area (Å²) < 4.78 is 2.21. The third kappa shape index (κ3) is 12.5. The number of hydrogen-bond acceptors (Lipinski definition) is 4. The fraction of sp³-hybridized carbons (Fsp3) is 0.395. The normalized spacial score (nSPS) is 11.5. The Kier molecular flexibility index (Phi) is 24.7. The van der Waals surface area contributed by atoms with Crippen LogP contribution in [-0.4, -0.2) is 22.5 Å². The molecule has 2 aliphatic rings. The number of benzene rings is 1. The summed E-state index contributed by atoms with van der Waals surface area (Å²) in [6, 6.07) is 5.97. The van der Waals surface area contributed by atoms with Crippen molar-refractivity contribution in [2.45, 2.75) is 102 Å². The Bertz CT molecular complexity index is 1370. The number of ketones is 1. The summed E-state index contributed by atoms with van der Waals surface area (Å²) in [5.41, 5.74) is 6.55. The number of carbonyl (C=O) groups is 3. The van der Waals surface area contributed by atoms with Gasteiger partial charge in [0.2, 0.25) is 0 Å². The van der Waals surface area contributed by atoms with Gasteiger partial charge in [0.15, 0.2) is 5.78 Å². The van der Waals surface area contributed by atoms with Crippen LogP contribution in [0.4, 0.5) is 0 Å². The lowest BCUT2D eigenvalue weighted by Gasteiger charge is -2.16. The van der Waals surface area contributed by atoms with Crippen LogP contribution in [0.2, 0.25) is 0 Å². The van der Waals surface area contributed by atoms with Gasteiger partial charge in [0.25, 0.3) is 5.91 Å². The Morgan fingerprint density at radius 3 is 2.23 bits per heavy atom. The maximum absolute atomic E-state index is 11.6. The van der Waals surface area contributed by atoms with Crippen molar-refractivity contribution in [3.63, 3.8) is 0 Å². The van der Waals surface area contributed by atoms with Gasteiger partial charge in [-0.2, -0.15) is 0 Å². The summed E-state index contributed by atoms with van der Waals surface area (Å²) in [6.07, 6.45) is 15.8. The standard InChI is InChI=1S/C14H17NO.C11H9NOS.C4H6O.C3H6.3C2H6/c1-4-11-9-15(5-2)13-8-6-7-12(10(3)16)14(11)13;13-11-8-3-1-2-4-9-10(8)7(5-12-11)6-14-9;1-2-3-4-5;1-3-2;3*1-2/h6-9H,4-5H2,1-3H3;2-4,6H,1,5H2,(H,12,13);2-4H,1H3;3H,1H2,2H3;3*1-2H3/b;;3-2+;;;;. The van der Waals surface area contributed by atoms with Crippen molar-refractivity contribution in [2.75, 3.05) is 0 Å². The lowest BCUT2D eigenvalue weighted by Crippen LogP contribution is -2.28. The molecule has 0 atom stereocenters. The van der Waals surface area contributed by atoms with Crippen LogP contribution in [0.1, 0.15) is 115 Å². The van der Waals surface area contributed by atoms with Crippen molar-refractivity contribution in [1.29, 1.82) is 0 Å². The van der Waals surface area contributed by atoms with E-state index in [0.717, 1.165) is 47.8 Å². The number of aromatic nitrogens is 1. The molecule has 1 aliphatic heterocycles. The van der Waals surface area contributed by atoms with Gasteiger partial charge in [-0.05, 0) is 75.3 Å². The van der Waals surface area contributed by atoms with Crippen LogP contribution in [0.3, 0.4) is 0 Å². The van der Waals surface area contributed by atoms with Crippen LogP contribution in [0.15, 0.2) is 66.7 Å². The number of aldehydes is 1. The van der Waals surface area contributed by atoms with Crippen LogP contribution in [0, 0.1) is 0 Å². The van der Waals surface area contributed by atoms with Gasteiger partial charge < -0.3 is 9.88 Å². The molecule has 0 bridgehead atoms. The second-order valence-electron chi connectivity index (χ2n) is 8.56. The maximum atomic E-state index is 11.6. The number of rotatable bonds is 4. The second-order valence-corrected chi connectivity index (χ2v) is 9.47. The molecule has 0 unspecified atom stereocenters. The number of hydrogen-bond donors (Lipinski definition) is 1. The molecule has 2 aromatic heterocycles. The first-order valence-electron chi connectivity index (χ1n) is 15.9. The van der Waals surface area contributed by atoms with Crippen molar-refractivity contribution in [1.82, 2.24) is 9.88 Å². The van der Waals surface area contributed by atoms with Gasteiger partial charge in [0, 0.05) is 51.8 Å². The smallest absolute Gasteiger partial charge is 0.251 e. The summed E-state index contributed by atoms with van der Waals surface area (Å²) in [5, 5.41) is 6.16. The van der Waals surface area contributed by atoms with E-state index in [9.17, 15) is 14.4 Å². The van der Waals surface area contributed by atoms with Crippen molar-refractivity contribution in [3.8, 4) is 0 Å². The molecule has 0 spiro atoms. The molecule has 3 aromatic rings. The monoisotopic (exact) mass is 620 g/mol. The average Bonchev–Trinajstić information content (AvgIpc) is 3.58. The van der Waals surface area contributed by atoms with Gasteiger partial charge in [0.05, 0.1) is 0 Å². The SMILES string of the molecule is C/C=C/C=O.C=CC.CC.CC.CC.CCc1cn(CC)c2cccc(C(C)=O)c12.O=C1NCc2csc3c2C1=CCC=C3. The van der Waals surface area contributed by atoms with E-state index in [-0.39, 0.29) is 11.7 Å². The maximum Gasteiger partial charge on any atom is 0.251 e.